The second-order valence-electron chi connectivity index (χ2n) is 3.56. The Labute approximate surface area is 123 Å². The van der Waals surface area contributed by atoms with Crippen molar-refractivity contribution in [2.45, 2.75) is 6.42 Å². The summed E-state index contributed by atoms with van der Waals surface area (Å²) >= 11 is 5.79. The minimum atomic E-state index is 0. The van der Waals surface area contributed by atoms with Crippen LogP contribution in [-0.4, -0.2) is 5.88 Å². The average Bonchev–Trinajstić information content (AvgIpc) is 2.99. The molecule has 2 heteroatoms. The van der Waals surface area contributed by atoms with E-state index in [1.807, 2.05) is 51.0 Å². The van der Waals surface area contributed by atoms with E-state index in [4.69, 9.17) is 11.6 Å². The van der Waals surface area contributed by atoms with Gasteiger partial charge in [0.25, 0.3) is 0 Å². The van der Waals surface area contributed by atoms with Gasteiger partial charge in [-0.3, -0.25) is 0 Å². The van der Waals surface area contributed by atoms with E-state index in [0.29, 0.717) is 11.8 Å². The van der Waals surface area contributed by atoms with Gasteiger partial charge in [0.05, 0.1) is 0 Å². The Hall–Kier alpha value is 0.549. The largest absolute Gasteiger partial charge is 2.00 e. The van der Waals surface area contributed by atoms with E-state index in [-0.39, 0.29) is 17.1 Å². The Balaban J connectivity index is 0.000000360. The van der Waals surface area contributed by atoms with Crippen LogP contribution in [0.2, 0.25) is 0 Å². The van der Waals surface area contributed by atoms with Gasteiger partial charge in [-0.05, 0) is 76.0 Å². The normalized spacial score (nSPS) is 21.2. The minimum absolute atomic E-state index is 0. The van der Waals surface area contributed by atoms with E-state index in [1.54, 1.807) is 0 Å². The Morgan fingerprint density at radius 1 is 1.00 bits per heavy atom. The molecular weight excluding hydrogens is 271 g/mol. The van der Waals surface area contributed by atoms with Gasteiger partial charge in [-0.1, -0.05) is 6.08 Å². The van der Waals surface area contributed by atoms with Gasteiger partial charge in [-0.15, -0.1) is 18.2 Å². The van der Waals surface area contributed by atoms with Crippen molar-refractivity contribution < 1.29 is 17.1 Å². The molecule has 90 valence electrons. The van der Waals surface area contributed by atoms with Gasteiger partial charge in [-0.2, -0.15) is 0 Å². The molecule has 1 atom stereocenters. The first-order valence-corrected chi connectivity index (χ1v) is 5.97. The first kappa shape index (κ1) is 17.5. The molecule has 17 heavy (non-hydrogen) atoms. The van der Waals surface area contributed by atoms with Crippen LogP contribution in [0.4, 0.5) is 0 Å². The molecule has 10 radical (unpaired) electrons. The smallest absolute Gasteiger partial charge is 0.126 e. The van der Waals surface area contributed by atoms with E-state index in [2.05, 4.69) is 19.4 Å². The summed E-state index contributed by atoms with van der Waals surface area (Å²) < 4.78 is 0. The summed E-state index contributed by atoms with van der Waals surface area (Å²) in [6.07, 6.45) is 21.2. The van der Waals surface area contributed by atoms with Crippen LogP contribution in [0.5, 0.6) is 0 Å². The van der Waals surface area contributed by atoms with E-state index in [1.165, 1.54) is 5.92 Å². The molecular formula is C15H17ClFe+2. The van der Waals surface area contributed by atoms with Gasteiger partial charge in [0, 0.05) is 5.88 Å². The molecule has 0 aliphatic heterocycles. The molecule has 0 saturated heterocycles. The third kappa shape index (κ3) is 7.54. The number of hydrogen-bond donors (Lipinski definition) is 0. The van der Waals surface area contributed by atoms with Crippen LogP contribution in [-0.2, 0) is 17.1 Å². The standard InChI is InChI=1S/C10H12Cl.C5H5.Fe/c1-2-5-10(8-11)9-6-3-4-7-9;1-2-4-5-3-1;/h2-4,6-7,10H,1,5,8H2;1-5H;/q;;+2/t10-;;/m1../s1. The number of rotatable bonds is 4. The molecule has 0 heterocycles. The van der Waals surface area contributed by atoms with Crippen LogP contribution in [0, 0.1) is 69.6 Å². The van der Waals surface area contributed by atoms with E-state index < -0.39 is 0 Å². The SMILES string of the molecule is C=CC[C@H](CCl)[C]1[CH][CH][CH][CH]1.[CH]1[CH][CH][CH][CH]1.[Fe+2]. The zero-order chi connectivity index (χ0) is 11.6. The first-order valence-electron chi connectivity index (χ1n) is 5.43. The van der Waals surface area contributed by atoms with Crippen molar-refractivity contribution in [2.24, 2.45) is 5.92 Å². The fourth-order valence-electron chi connectivity index (χ4n) is 1.47. The first-order chi connectivity index (χ1) is 7.88. The molecule has 0 N–H and O–H groups in total. The van der Waals surface area contributed by atoms with Gasteiger partial charge in [0.2, 0.25) is 0 Å². The van der Waals surface area contributed by atoms with Gasteiger partial charge in [-0.25, -0.2) is 0 Å². The van der Waals surface area contributed by atoms with Gasteiger partial charge in [0.1, 0.15) is 0 Å². The number of hydrogen-bond acceptors (Lipinski definition) is 0. The van der Waals surface area contributed by atoms with Gasteiger partial charge >= 0.3 is 17.1 Å². The average molecular weight is 289 g/mol. The van der Waals surface area contributed by atoms with Crippen molar-refractivity contribution in [2.75, 3.05) is 5.88 Å². The quantitative estimate of drug-likeness (QED) is 0.419. The topological polar surface area (TPSA) is 0 Å². The summed E-state index contributed by atoms with van der Waals surface area (Å²) in [6.45, 7) is 3.70. The third-order valence-corrected chi connectivity index (χ3v) is 2.73. The van der Waals surface area contributed by atoms with Crippen LogP contribution in [0.1, 0.15) is 6.42 Å². The molecule has 0 spiro atoms. The van der Waals surface area contributed by atoms with Crippen LogP contribution < -0.4 is 0 Å². The van der Waals surface area contributed by atoms with Crippen molar-refractivity contribution >= 4 is 11.6 Å². The zero-order valence-electron chi connectivity index (χ0n) is 9.70. The molecule has 0 aromatic carbocycles. The molecule has 0 aromatic rings. The van der Waals surface area contributed by atoms with Gasteiger partial charge in [0.15, 0.2) is 0 Å². The number of allylic oxidation sites excluding steroid dienone is 1. The van der Waals surface area contributed by atoms with Crippen molar-refractivity contribution in [3.8, 4) is 0 Å². The molecule has 0 bridgehead atoms. The Morgan fingerprint density at radius 3 is 1.82 bits per heavy atom. The van der Waals surface area contributed by atoms with Crippen molar-refractivity contribution in [1.29, 1.82) is 0 Å². The molecule has 0 nitrogen and oxygen atoms in total. The van der Waals surface area contributed by atoms with Crippen LogP contribution in [0.15, 0.2) is 12.7 Å². The molecule has 2 saturated carbocycles. The van der Waals surface area contributed by atoms with E-state index >= 15 is 0 Å². The maximum atomic E-state index is 5.79. The third-order valence-electron chi connectivity index (χ3n) is 2.35. The van der Waals surface area contributed by atoms with Crippen LogP contribution >= 0.6 is 11.6 Å². The second-order valence-corrected chi connectivity index (χ2v) is 3.86. The maximum Gasteiger partial charge on any atom is 2.00 e. The number of alkyl halides is 1. The number of halogens is 1. The molecule has 0 unspecified atom stereocenters. The molecule has 0 amide bonds. The van der Waals surface area contributed by atoms with Crippen LogP contribution in [0.3, 0.4) is 0 Å². The predicted molar refractivity (Wildman–Crippen MR) is 71.0 cm³/mol. The molecule has 0 aromatic heterocycles. The van der Waals surface area contributed by atoms with Crippen LogP contribution in [0.25, 0.3) is 0 Å². The molecule has 2 aliphatic rings. The van der Waals surface area contributed by atoms with Crippen molar-refractivity contribution in [3.05, 3.63) is 76.4 Å². The minimum Gasteiger partial charge on any atom is -0.126 e. The van der Waals surface area contributed by atoms with Crippen molar-refractivity contribution in [1.82, 2.24) is 0 Å². The zero-order valence-corrected chi connectivity index (χ0v) is 11.6. The Morgan fingerprint density at radius 2 is 1.47 bits per heavy atom. The van der Waals surface area contributed by atoms with Gasteiger partial charge < -0.3 is 0 Å². The molecule has 2 aliphatic carbocycles. The summed E-state index contributed by atoms with van der Waals surface area (Å²) in [7, 11) is 0. The van der Waals surface area contributed by atoms with E-state index in [0.717, 1.165) is 6.42 Å². The summed E-state index contributed by atoms with van der Waals surface area (Å²) in [5.74, 6) is 2.44. The Bertz CT molecular complexity index is 164. The maximum absolute atomic E-state index is 5.79. The predicted octanol–water partition coefficient (Wildman–Crippen LogP) is 3.84. The molecule has 2 rings (SSSR count). The van der Waals surface area contributed by atoms with E-state index in [9.17, 15) is 0 Å². The summed E-state index contributed by atoms with van der Waals surface area (Å²) in [4.78, 5) is 0. The second kappa shape index (κ2) is 11.6. The van der Waals surface area contributed by atoms with Crippen molar-refractivity contribution in [3.63, 3.8) is 0 Å². The fourth-order valence-corrected chi connectivity index (χ4v) is 1.78. The fraction of sp³-hybridized carbons (Fsp3) is 0.200. The Kier molecular flexibility index (Phi) is 12.0. The molecule has 2 fully saturated rings. The summed E-state index contributed by atoms with van der Waals surface area (Å²) in [5, 5.41) is 0. The summed E-state index contributed by atoms with van der Waals surface area (Å²) in [6, 6.07) is 0. The summed E-state index contributed by atoms with van der Waals surface area (Å²) in [5.41, 5.74) is 0. The monoisotopic (exact) mass is 288 g/mol.